The summed E-state index contributed by atoms with van der Waals surface area (Å²) in [7, 11) is 1.56. The van der Waals surface area contributed by atoms with Gasteiger partial charge in [-0.2, -0.15) is 0 Å². The molecular weight excluding hydrogens is 394 g/mol. The van der Waals surface area contributed by atoms with E-state index < -0.39 is 29.4 Å². The van der Waals surface area contributed by atoms with Crippen molar-refractivity contribution >= 4 is 23.5 Å². The summed E-state index contributed by atoms with van der Waals surface area (Å²) >= 11 is 0. The number of imide groups is 1. The molecule has 0 bridgehead atoms. The number of ether oxygens (including phenoxy) is 1. The molecule has 1 saturated heterocycles. The Balaban J connectivity index is 1.78. The summed E-state index contributed by atoms with van der Waals surface area (Å²) in [5, 5.41) is 5.49. The van der Waals surface area contributed by atoms with Gasteiger partial charge >= 0.3 is 6.03 Å². The first-order valence-corrected chi connectivity index (χ1v) is 10.2. The number of nitrogens with zero attached hydrogens (tertiary/aromatic N) is 1. The average Bonchev–Trinajstić information content (AvgIpc) is 2.96. The van der Waals surface area contributed by atoms with Crippen LogP contribution < -0.4 is 15.4 Å². The molecule has 1 heterocycles. The largest absolute Gasteiger partial charge is 0.497 e. The first-order chi connectivity index (χ1) is 14.5. The van der Waals surface area contributed by atoms with Gasteiger partial charge in [-0.05, 0) is 54.7 Å². The lowest BCUT2D eigenvalue weighted by molar-refractivity contribution is -0.136. The summed E-state index contributed by atoms with van der Waals surface area (Å²) in [4.78, 5) is 39.6. The molecule has 7 nitrogen and oxygen atoms in total. The molecule has 1 aliphatic rings. The minimum atomic E-state index is -1.23. The smallest absolute Gasteiger partial charge is 0.326 e. The van der Waals surface area contributed by atoms with Gasteiger partial charge in [0.15, 0.2) is 0 Å². The average molecular weight is 424 g/mol. The van der Waals surface area contributed by atoms with E-state index in [1.165, 1.54) is 6.92 Å². The van der Waals surface area contributed by atoms with Crippen LogP contribution >= 0.6 is 0 Å². The Hall–Kier alpha value is -3.35. The molecule has 0 saturated carbocycles. The van der Waals surface area contributed by atoms with E-state index in [0.29, 0.717) is 17.0 Å². The summed E-state index contributed by atoms with van der Waals surface area (Å²) < 4.78 is 5.10. The van der Waals surface area contributed by atoms with Crippen molar-refractivity contribution in [2.75, 3.05) is 12.4 Å². The van der Waals surface area contributed by atoms with Crippen molar-refractivity contribution < 1.29 is 19.1 Å². The highest BCUT2D eigenvalue weighted by molar-refractivity contribution is 6.11. The number of carbonyl (C=O) groups excluding carboxylic acids is 3. The van der Waals surface area contributed by atoms with Crippen molar-refractivity contribution in [2.45, 2.75) is 51.6 Å². The number of rotatable bonds is 5. The number of urea groups is 1. The number of carbonyl (C=O) groups is 3. The molecular formula is C24H29N3O4. The van der Waals surface area contributed by atoms with Gasteiger partial charge in [0, 0.05) is 5.69 Å². The van der Waals surface area contributed by atoms with Crippen molar-refractivity contribution in [3.8, 4) is 5.75 Å². The van der Waals surface area contributed by atoms with Crippen LogP contribution in [0.15, 0.2) is 48.5 Å². The Kier molecular flexibility index (Phi) is 5.81. The predicted octanol–water partition coefficient (Wildman–Crippen LogP) is 3.79. The van der Waals surface area contributed by atoms with Crippen LogP contribution in [0, 0.1) is 0 Å². The first-order valence-electron chi connectivity index (χ1n) is 10.2. The van der Waals surface area contributed by atoms with Crippen LogP contribution in [0.2, 0.25) is 0 Å². The molecule has 7 heteroatoms. The summed E-state index contributed by atoms with van der Waals surface area (Å²) in [5.41, 5.74) is 1.08. The van der Waals surface area contributed by atoms with E-state index in [1.54, 1.807) is 38.3 Å². The van der Waals surface area contributed by atoms with E-state index in [9.17, 15) is 14.4 Å². The van der Waals surface area contributed by atoms with E-state index in [2.05, 4.69) is 31.4 Å². The van der Waals surface area contributed by atoms with E-state index in [-0.39, 0.29) is 5.41 Å². The molecule has 0 spiro atoms. The van der Waals surface area contributed by atoms with Gasteiger partial charge in [-0.3, -0.25) is 9.59 Å². The van der Waals surface area contributed by atoms with Crippen LogP contribution in [0.5, 0.6) is 5.75 Å². The minimum absolute atomic E-state index is 0.0253. The fourth-order valence-electron chi connectivity index (χ4n) is 3.55. The monoisotopic (exact) mass is 423 g/mol. The van der Waals surface area contributed by atoms with Gasteiger partial charge in [0.2, 0.25) is 5.91 Å². The number of hydrogen-bond acceptors (Lipinski definition) is 4. The van der Waals surface area contributed by atoms with Gasteiger partial charge in [0.25, 0.3) is 5.91 Å². The molecule has 164 valence electrons. The molecule has 31 heavy (non-hydrogen) atoms. The van der Waals surface area contributed by atoms with Gasteiger partial charge in [-0.1, -0.05) is 45.0 Å². The van der Waals surface area contributed by atoms with Gasteiger partial charge in [0.05, 0.1) is 7.11 Å². The van der Waals surface area contributed by atoms with Crippen LogP contribution in [0.1, 0.15) is 45.7 Å². The van der Waals surface area contributed by atoms with E-state index >= 15 is 0 Å². The maximum atomic E-state index is 13.2. The Bertz CT molecular complexity index is 993. The molecule has 0 aromatic heterocycles. The van der Waals surface area contributed by atoms with E-state index in [4.69, 9.17) is 4.74 Å². The fourth-order valence-corrected chi connectivity index (χ4v) is 3.55. The summed E-state index contributed by atoms with van der Waals surface area (Å²) in [6, 6.07) is 12.9. The second-order valence-electron chi connectivity index (χ2n) is 8.95. The normalized spacial score (nSPS) is 19.7. The highest BCUT2D eigenvalue weighted by Crippen LogP contribution is 2.32. The second kappa shape index (κ2) is 8.06. The number of benzene rings is 2. The Morgan fingerprint density at radius 1 is 1.06 bits per heavy atom. The lowest BCUT2D eigenvalue weighted by atomic mass is 9.84. The highest BCUT2D eigenvalue weighted by Gasteiger charge is 2.51. The van der Waals surface area contributed by atoms with Gasteiger partial charge in [-0.25, -0.2) is 9.69 Å². The maximum Gasteiger partial charge on any atom is 0.326 e. The lowest BCUT2D eigenvalue weighted by Gasteiger charge is -2.26. The third-order valence-corrected chi connectivity index (χ3v) is 5.67. The highest BCUT2D eigenvalue weighted by atomic mass is 16.5. The predicted molar refractivity (Wildman–Crippen MR) is 119 cm³/mol. The van der Waals surface area contributed by atoms with Crippen LogP contribution in [0.25, 0.3) is 0 Å². The molecule has 2 aromatic carbocycles. The van der Waals surface area contributed by atoms with Gasteiger partial charge in [0.1, 0.15) is 17.3 Å². The SMILES string of the molecule is COc1ccc(NC(=O)C(C)N2C(=O)NC(C)(c3ccc(C(C)(C)C)cc3)C2=O)cc1. The second-order valence-corrected chi connectivity index (χ2v) is 8.95. The van der Waals surface area contributed by atoms with Crippen molar-refractivity contribution in [1.29, 1.82) is 0 Å². The molecule has 0 radical (unpaired) electrons. The zero-order valence-corrected chi connectivity index (χ0v) is 18.8. The molecule has 1 fully saturated rings. The van der Waals surface area contributed by atoms with Crippen LogP contribution in [0.3, 0.4) is 0 Å². The van der Waals surface area contributed by atoms with E-state index in [1.807, 2.05) is 24.3 Å². The first kappa shape index (κ1) is 22.3. The van der Waals surface area contributed by atoms with Gasteiger partial charge in [-0.15, -0.1) is 0 Å². The quantitative estimate of drug-likeness (QED) is 0.717. The third kappa shape index (κ3) is 4.26. The van der Waals surface area contributed by atoms with Crippen LogP contribution in [-0.4, -0.2) is 35.9 Å². The zero-order chi connectivity index (χ0) is 23.0. The third-order valence-electron chi connectivity index (χ3n) is 5.67. The fraction of sp³-hybridized carbons (Fsp3) is 0.375. The molecule has 2 atom stereocenters. The molecule has 1 aliphatic heterocycles. The molecule has 0 aliphatic carbocycles. The van der Waals surface area contributed by atoms with Crippen molar-refractivity contribution in [2.24, 2.45) is 0 Å². The number of anilines is 1. The molecule has 2 aromatic rings. The molecule has 3 rings (SSSR count). The number of methoxy groups -OCH3 is 1. The molecule has 4 amide bonds. The zero-order valence-electron chi connectivity index (χ0n) is 18.8. The van der Waals surface area contributed by atoms with E-state index in [0.717, 1.165) is 10.5 Å². The Labute approximate surface area is 182 Å². The topological polar surface area (TPSA) is 87.7 Å². The standard InChI is InChI=1S/C24H29N3O4/c1-15(20(28)25-18-11-13-19(31-6)14-12-18)27-21(29)24(5,26-22(27)30)17-9-7-16(8-10-17)23(2,3)4/h7-15H,1-6H3,(H,25,28)(H,26,30). The summed E-state index contributed by atoms with van der Waals surface area (Å²) in [6.45, 7) is 9.52. The lowest BCUT2D eigenvalue weighted by Crippen LogP contribution is -2.47. The van der Waals surface area contributed by atoms with Crippen LogP contribution in [-0.2, 0) is 20.5 Å². The number of hydrogen-bond donors (Lipinski definition) is 2. The summed E-state index contributed by atoms with van der Waals surface area (Å²) in [6.07, 6.45) is 0. The van der Waals surface area contributed by atoms with Crippen molar-refractivity contribution in [3.63, 3.8) is 0 Å². The van der Waals surface area contributed by atoms with Crippen molar-refractivity contribution in [3.05, 3.63) is 59.7 Å². The Morgan fingerprint density at radius 3 is 2.16 bits per heavy atom. The summed E-state index contributed by atoms with van der Waals surface area (Å²) in [5.74, 6) is -0.257. The van der Waals surface area contributed by atoms with Crippen LogP contribution in [0.4, 0.5) is 10.5 Å². The number of nitrogens with one attached hydrogen (secondary N) is 2. The Morgan fingerprint density at radius 2 is 1.65 bits per heavy atom. The molecule has 2 unspecified atom stereocenters. The molecule has 2 N–H and O–H groups in total. The minimum Gasteiger partial charge on any atom is -0.497 e. The maximum absolute atomic E-state index is 13.2. The van der Waals surface area contributed by atoms with Gasteiger partial charge < -0.3 is 15.4 Å². The van der Waals surface area contributed by atoms with Crippen molar-refractivity contribution in [1.82, 2.24) is 10.2 Å². The number of amides is 4.